The summed E-state index contributed by atoms with van der Waals surface area (Å²) in [4.78, 5) is 0. The molecule has 4 unspecified atom stereocenters. The Labute approximate surface area is 119 Å². The van der Waals surface area contributed by atoms with Crippen molar-refractivity contribution in [3.63, 3.8) is 0 Å². The maximum atomic E-state index is 6.42. The summed E-state index contributed by atoms with van der Waals surface area (Å²) in [6.45, 7) is 17.1. The first-order valence-corrected chi connectivity index (χ1v) is 7.97. The maximum absolute atomic E-state index is 6.42. The average molecular weight is 267 g/mol. The highest BCUT2D eigenvalue weighted by atomic mass is 16.5. The second kappa shape index (κ2) is 4.73. The molecule has 0 radical (unpaired) electrons. The third-order valence-electron chi connectivity index (χ3n) is 6.03. The van der Waals surface area contributed by atoms with Gasteiger partial charge in [-0.05, 0) is 63.7 Å². The molecule has 1 N–H and O–H groups in total. The Morgan fingerprint density at radius 2 is 1.89 bits per heavy atom. The zero-order chi connectivity index (χ0) is 14.5. The number of ether oxygens (including phenoxy) is 1. The molecule has 0 aliphatic heterocycles. The van der Waals surface area contributed by atoms with Crippen molar-refractivity contribution in [1.29, 1.82) is 0 Å². The fraction of sp³-hybridized carbons (Fsp3) is 1.00. The second-order valence-corrected chi connectivity index (χ2v) is 8.68. The van der Waals surface area contributed by atoms with E-state index in [4.69, 9.17) is 4.74 Å². The lowest BCUT2D eigenvalue weighted by atomic mass is 9.70. The number of fused-ring (bicyclic) bond motifs is 2. The lowest BCUT2D eigenvalue weighted by Crippen LogP contribution is -2.44. The molecule has 0 aromatic heterocycles. The predicted octanol–water partition coefficient (Wildman–Crippen LogP) is 3.99. The van der Waals surface area contributed by atoms with E-state index in [1.807, 2.05) is 0 Å². The molecule has 0 aromatic carbocycles. The van der Waals surface area contributed by atoms with Gasteiger partial charge in [-0.1, -0.05) is 20.8 Å². The molecule has 112 valence electrons. The Bertz CT molecular complexity index is 331. The molecule has 0 spiro atoms. The zero-order valence-electron chi connectivity index (χ0n) is 14.0. The number of hydrogen-bond acceptors (Lipinski definition) is 2. The minimum Gasteiger partial charge on any atom is -0.373 e. The van der Waals surface area contributed by atoms with Crippen molar-refractivity contribution < 1.29 is 4.74 Å². The molecule has 0 heterocycles. The molecule has 19 heavy (non-hydrogen) atoms. The van der Waals surface area contributed by atoms with E-state index >= 15 is 0 Å². The molecule has 2 heteroatoms. The Kier molecular flexibility index (Phi) is 3.81. The summed E-state index contributed by atoms with van der Waals surface area (Å²) in [6, 6.07) is 0. The normalized spacial score (nSPS) is 38.7. The molecular formula is C17H33NO. The monoisotopic (exact) mass is 267 g/mol. The summed E-state index contributed by atoms with van der Waals surface area (Å²) in [7, 11) is 0. The molecule has 0 amide bonds. The largest absolute Gasteiger partial charge is 0.373 e. The van der Waals surface area contributed by atoms with Crippen LogP contribution in [0, 0.1) is 16.7 Å². The molecule has 0 aromatic rings. The third kappa shape index (κ3) is 2.71. The van der Waals surface area contributed by atoms with Crippen molar-refractivity contribution in [1.82, 2.24) is 5.32 Å². The van der Waals surface area contributed by atoms with Crippen molar-refractivity contribution >= 4 is 0 Å². The van der Waals surface area contributed by atoms with Gasteiger partial charge in [0.15, 0.2) is 0 Å². The van der Waals surface area contributed by atoms with Crippen LogP contribution in [0.4, 0.5) is 0 Å². The summed E-state index contributed by atoms with van der Waals surface area (Å²) in [5.41, 5.74) is 1.01. The number of rotatable bonds is 4. The second-order valence-electron chi connectivity index (χ2n) is 8.68. The Hall–Kier alpha value is -0.0800. The van der Waals surface area contributed by atoms with Crippen LogP contribution in [0.1, 0.15) is 67.7 Å². The standard InChI is InChI=1S/C17H33NO/c1-12(11-18-15(2,3)4)19-14-10-13-8-9-17(14,7)16(13,5)6/h12-14,18H,8-11H2,1-7H3. The van der Waals surface area contributed by atoms with Crippen LogP contribution in [0.3, 0.4) is 0 Å². The van der Waals surface area contributed by atoms with E-state index in [0.29, 0.717) is 23.0 Å². The van der Waals surface area contributed by atoms with Gasteiger partial charge in [-0.3, -0.25) is 0 Å². The first-order valence-electron chi connectivity index (χ1n) is 7.97. The van der Waals surface area contributed by atoms with Gasteiger partial charge in [-0.2, -0.15) is 0 Å². The van der Waals surface area contributed by atoms with E-state index < -0.39 is 0 Å². The first-order chi connectivity index (χ1) is 8.56. The highest BCUT2D eigenvalue weighted by Gasteiger charge is 2.62. The summed E-state index contributed by atoms with van der Waals surface area (Å²) < 4.78 is 6.42. The molecule has 0 saturated heterocycles. The van der Waals surface area contributed by atoms with E-state index in [-0.39, 0.29) is 5.54 Å². The van der Waals surface area contributed by atoms with Crippen LogP contribution < -0.4 is 5.32 Å². The quantitative estimate of drug-likeness (QED) is 0.831. The van der Waals surface area contributed by atoms with E-state index in [2.05, 4.69) is 53.8 Å². The van der Waals surface area contributed by atoms with E-state index in [1.54, 1.807) is 0 Å². The van der Waals surface area contributed by atoms with Gasteiger partial charge in [0.1, 0.15) is 0 Å². The van der Waals surface area contributed by atoms with Crippen molar-refractivity contribution in [3.8, 4) is 0 Å². The summed E-state index contributed by atoms with van der Waals surface area (Å²) >= 11 is 0. The number of hydrogen-bond donors (Lipinski definition) is 1. The molecule has 2 nitrogen and oxygen atoms in total. The molecule has 2 bridgehead atoms. The molecule has 2 aliphatic carbocycles. The SMILES string of the molecule is CC(CNC(C)(C)C)OC1CC2CCC1(C)C2(C)C. The van der Waals surface area contributed by atoms with E-state index in [0.717, 1.165) is 12.5 Å². The van der Waals surface area contributed by atoms with Gasteiger partial charge in [-0.15, -0.1) is 0 Å². The van der Waals surface area contributed by atoms with Gasteiger partial charge in [0.25, 0.3) is 0 Å². The minimum atomic E-state index is 0.176. The molecule has 2 fully saturated rings. The number of nitrogens with one attached hydrogen (secondary N) is 1. The van der Waals surface area contributed by atoms with Crippen LogP contribution in [-0.2, 0) is 4.74 Å². The molecular weight excluding hydrogens is 234 g/mol. The fourth-order valence-electron chi connectivity index (χ4n) is 4.11. The average Bonchev–Trinajstić information content (AvgIpc) is 2.58. The van der Waals surface area contributed by atoms with Crippen molar-refractivity contribution in [3.05, 3.63) is 0 Å². The van der Waals surface area contributed by atoms with Crippen LogP contribution in [0.25, 0.3) is 0 Å². The maximum Gasteiger partial charge on any atom is 0.0675 e. The molecule has 2 aliphatic rings. The lowest BCUT2D eigenvalue weighted by molar-refractivity contribution is -0.0802. The topological polar surface area (TPSA) is 21.3 Å². The van der Waals surface area contributed by atoms with Crippen LogP contribution >= 0.6 is 0 Å². The van der Waals surface area contributed by atoms with Gasteiger partial charge in [0, 0.05) is 12.1 Å². The third-order valence-corrected chi connectivity index (χ3v) is 6.03. The molecule has 4 atom stereocenters. The van der Waals surface area contributed by atoms with Crippen LogP contribution in [0.2, 0.25) is 0 Å². The summed E-state index contributed by atoms with van der Waals surface area (Å²) in [6.07, 6.45) is 4.77. The van der Waals surface area contributed by atoms with E-state index in [9.17, 15) is 0 Å². The van der Waals surface area contributed by atoms with Gasteiger partial charge in [0.2, 0.25) is 0 Å². The lowest BCUT2D eigenvalue weighted by Gasteiger charge is -2.40. The van der Waals surface area contributed by atoms with Gasteiger partial charge in [0.05, 0.1) is 12.2 Å². The van der Waals surface area contributed by atoms with Gasteiger partial charge in [-0.25, -0.2) is 0 Å². The Balaban J connectivity index is 1.91. The smallest absolute Gasteiger partial charge is 0.0675 e. The van der Waals surface area contributed by atoms with Crippen LogP contribution in [0.5, 0.6) is 0 Å². The van der Waals surface area contributed by atoms with Crippen molar-refractivity contribution in [2.45, 2.75) is 85.5 Å². The highest BCUT2D eigenvalue weighted by Crippen LogP contribution is 2.66. The van der Waals surface area contributed by atoms with Crippen LogP contribution in [0.15, 0.2) is 0 Å². The Morgan fingerprint density at radius 3 is 2.32 bits per heavy atom. The van der Waals surface area contributed by atoms with Gasteiger partial charge >= 0.3 is 0 Å². The highest BCUT2D eigenvalue weighted by molar-refractivity contribution is 5.11. The van der Waals surface area contributed by atoms with Crippen LogP contribution in [-0.4, -0.2) is 24.3 Å². The molecule has 2 saturated carbocycles. The fourth-order valence-corrected chi connectivity index (χ4v) is 4.11. The minimum absolute atomic E-state index is 0.176. The van der Waals surface area contributed by atoms with Crippen molar-refractivity contribution in [2.75, 3.05) is 6.54 Å². The Morgan fingerprint density at radius 1 is 1.26 bits per heavy atom. The molecule has 2 rings (SSSR count). The predicted molar refractivity (Wildman–Crippen MR) is 81.3 cm³/mol. The van der Waals surface area contributed by atoms with E-state index in [1.165, 1.54) is 19.3 Å². The first kappa shape index (κ1) is 15.3. The van der Waals surface area contributed by atoms with Crippen molar-refractivity contribution in [2.24, 2.45) is 16.7 Å². The summed E-state index contributed by atoms with van der Waals surface area (Å²) in [5.74, 6) is 0.866. The van der Waals surface area contributed by atoms with Gasteiger partial charge < -0.3 is 10.1 Å². The summed E-state index contributed by atoms with van der Waals surface area (Å²) in [5, 5.41) is 3.55. The zero-order valence-corrected chi connectivity index (χ0v) is 14.0.